The Hall–Kier alpha value is -1.02. The number of hydrogen-bond donors (Lipinski definition) is 1. The second-order valence-corrected chi connectivity index (χ2v) is 6.83. The van der Waals surface area contributed by atoms with Gasteiger partial charge in [-0.1, -0.05) is 32.4 Å². The number of carbonyl (C=O) groups is 1. The molecule has 1 N–H and O–H groups in total. The Morgan fingerprint density at radius 1 is 1.21 bits per heavy atom. The average molecular weight is 281 g/mol. The molecule has 2 nitrogen and oxygen atoms in total. The Morgan fingerprint density at radius 3 is 2.05 bits per heavy atom. The molecule has 2 aliphatic carbocycles. The summed E-state index contributed by atoms with van der Waals surface area (Å²) < 4.78 is 0. The van der Waals surface area contributed by atoms with Crippen LogP contribution in [0.1, 0.15) is 40.0 Å². The number of benzene rings is 1. The first-order chi connectivity index (χ1) is 8.77. The van der Waals surface area contributed by atoms with E-state index in [0.717, 1.165) is 12.8 Å². The van der Waals surface area contributed by atoms with Crippen LogP contribution in [-0.2, 0) is 4.79 Å². The van der Waals surface area contributed by atoms with E-state index >= 15 is 0 Å². The fourth-order valence-corrected chi connectivity index (χ4v) is 3.47. The zero-order valence-corrected chi connectivity index (χ0v) is 12.5. The largest absolute Gasteiger partial charge is 0.508 e. The molecule has 0 heterocycles. The molecule has 19 heavy (non-hydrogen) atoms. The summed E-state index contributed by atoms with van der Waals surface area (Å²) in [5.74, 6) is 1.44. The van der Waals surface area contributed by atoms with Crippen LogP contribution < -0.4 is 0 Å². The molecule has 1 aromatic carbocycles. The minimum atomic E-state index is 0.0255. The van der Waals surface area contributed by atoms with Gasteiger partial charge in [0.25, 0.3) is 0 Å². The van der Waals surface area contributed by atoms with Crippen molar-refractivity contribution < 1.29 is 9.90 Å². The molecule has 0 spiro atoms. The van der Waals surface area contributed by atoms with Crippen LogP contribution in [0.4, 0.5) is 0 Å². The lowest BCUT2D eigenvalue weighted by Gasteiger charge is -2.32. The van der Waals surface area contributed by atoms with Gasteiger partial charge in [0.15, 0.2) is 0 Å². The fourth-order valence-electron chi connectivity index (χ4n) is 3.34. The molecule has 2 saturated carbocycles. The van der Waals surface area contributed by atoms with E-state index in [1.54, 1.807) is 24.3 Å². The molecule has 2 fully saturated rings. The Bertz CT molecular complexity index is 457. The Kier molecular flexibility index (Phi) is 3.65. The van der Waals surface area contributed by atoms with Crippen molar-refractivity contribution in [1.82, 2.24) is 0 Å². The Labute approximate surface area is 119 Å². The van der Waals surface area contributed by atoms with Gasteiger partial charge in [0.1, 0.15) is 11.5 Å². The highest BCUT2D eigenvalue weighted by molar-refractivity contribution is 6.30. The lowest BCUT2D eigenvalue weighted by molar-refractivity contribution is -0.128. The third-order valence-electron chi connectivity index (χ3n) is 5.31. The summed E-state index contributed by atoms with van der Waals surface area (Å²) in [7, 11) is 0. The molecular formula is C16H21ClO2. The van der Waals surface area contributed by atoms with Crippen molar-refractivity contribution >= 4 is 17.4 Å². The maximum Gasteiger partial charge on any atom is 0.139 e. The molecule has 0 aliphatic heterocycles. The molecule has 0 aromatic heterocycles. The number of carbonyl (C=O) groups excluding carboxylic acids is 1. The number of aromatic hydroxyl groups is 1. The maximum atomic E-state index is 11.6. The smallest absolute Gasteiger partial charge is 0.139 e. The lowest BCUT2D eigenvalue weighted by atomic mass is 9.70. The van der Waals surface area contributed by atoms with E-state index in [0.29, 0.717) is 16.7 Å². The van der Waals surface area contributed by atoms with Gasteiger partial charge in [-0.25, -0.2) is 0 Å². The molecule has 104 valence electrons. The molecule has 3 heteroatoms. The summed E-state index contributed by atoms with van der Waals surface area (Å²) in [5, 5.41) is 9.34. The van der Waals surface area contributed by atoms with E-state index in [4.69, 9.17) is 16.7 Å². The van der Waals surface area contributed by atoms with Gasteiger partial charge in [0, 0.05) is 16.9 Å². The predicted octanol–water partition coefficient (Wildman–Crippen LogP) is 4.45. The first-order valence-electron chi connectivity index (χ1n) is 6.75. The SMILES string of the molecule is CC12CCC(CC1=O)C2(C)C.Oc1ccc(Cl)cc1. The topological polar surface area (TPSA) is 37.3 Å². The Morgan fingerprint density at radius 2 is 1.79 bits per heavy atom. The van der Waals surface area contributed by atoms with E-state index in [9.17, 15) is 4.79 Å². The number of hydrogen-bond acceptors (Lipinski definition) is 2. The van der Waals surface area contributed by atoms with Crippen LogP contribution in [0, 0.1) is 16.7 Å². The summed E-state index contributed by atoms with van der Waals surface area (Å²) >= 11 is 5.50. The lowest BCUT2D eigenvalue weighted by Crippen LogP contribution is -2.32. The molecule has 0 saturated heterocycles. The van der Waals surface area contributed by atoms with Gasteiger partial charge < -0.3 is 5.11 Å². The van der Waals surface area contributed by atoms with Crippen LogP contribution >= 0.6 is 11.6 Å². The number of ketones is 1. The number of rotatable bonds is 0. The molecule has 2 atom stereocenters. The van der Waals surface area contributed by atoms with Crippen molar-refractivity contribution in [3.05, 3.63) is 29.3 Å². The van der Waals surface area contributed by atoms with E-state index < -0.39 is 0 Å². The van der Waals surface area contributed by atoms with Crippen LogP contribution in [-0.4, -0.2) is 10.9 Å². The zero-order valence-electron chi connectivity index (χ0n) is 11.7. The van der Waals surface area contributed by atoms with Crippen molar-refractivity contribution in [1.29, 1.82) is 0 Å². The van der Waals surface area contributed by atoms with Gasteiger partial charge >= 0.3 is 0 Å². The minimum Gasteiger partial charge on any atom is -0.508 e. The third kappa shape index (κ3) is 2.38. The van der Waals surface area contributed by atoms with Crippen molar-refractivity contribution in [2.45, 2.75) is 40.0 Å². The van der Waals surface area contributed by atoms with E-state index in [2.05, 4.69) is 20.8 Å². The minimum absolute atomic E-state index is 0.0255. The van der Waals surface area contributed by atoms with Crippen molar-refractivity contribution in [2.24, 2.45) is 16.7 Å². The molecule has 2 bridgehead atoms. The highest BCUT2D eigenvalue weighted by Crippen LogP contribution is 2.63. The van der Waals surface area contributed by atoms with E-state index in [1.807, 2.05) is 0 Å². The van der Waals surface area contributed by atoms with Crippen molar-refractivity contribution in [2.75, 3.05) is 0 Å². The van der Waals surface area contributed by atoms with Crippen LogP contribution in [0.15, 0.2) is 24.3 Å². The van der Waals surface area contributed by atoms with Gasteiger partial charge in [0.2, 0.25) is 0 Å². The van der Waals surface area contributed by atoms with Crippen molar-refractivity contribution in [3.8, 4) is 5.75 Å². The molecule has 3 rings (SSSR count). The molecule has 1 aromatic rings. The first kappa shape index (κ1) is 14.4. The standard InChI is InChI=1S/C10H16O.C6H5ClO/c1-9(2)7-4-5-10(9,3)8(11)6-7;7-5-1-3-6(8)4-2-5/h7H,4-6H2,1-3H3;1-4,8H. The highest BCUT2D eigenvalue weighted by atomic mass is 35.5. The zero-order chi connectivity index (χ0) is 14.3. The number of phenolic OH excluding ortho intramolecular Hbond substituents is 1. The number of halogens is 1. The number of fused-ring (bicyclic) bond motifs is 2. The van der Waals surface area contributed by atoms with Crippen LogP contribution in [0.3, 0.4) is 0 Å². The van der Waals surface area contributed by atoms with Crippen LogP contribution in [0.5, 0.6) is 5.75 Å². The second kappa shape index (κ2) is 4.82. The van der Waals surface area contributed by atoms with Gasteiger partial charge in [-0.3, -0.25) is 4.79 Å². The highest BCUT2D eigenvalue weighted by Gasteiger charge is 2.61. The maximum absolute atomic E-state index is 11.6. The fraction of sp³-hybridized carbons (Fsp3) is 0.562. The molecular weight excluding hydrogens is 260 g/mol. The summed E-state index contributed by atoms with van der Waals surface area (Å²) in [5.41, 5.74) is 0.307. The molecule has 2 aliphatic rings. The number of phenols is 1. The van der Waals surface area contributed by atoms with E-state index in [1.165, 1.54) is 6.42 Å². The quantitative estimate of drug-likeness (QED) is 0.762. The normalized spacial score (nSPS) is 30.9. The average Bonchev–Trinajstić information content (AvgIpc) is 2.67. The third-order valence-corrected chi connectivity index (χ3v) is 5.56. The van der Waals surface area contributed by atoms with Gasteiger partial charge in [0.05, 0.1) is 0 Å². The summed E-state index contributed by atoms with van der Waals surface area (Å²) in [4.78, 5) is 11.6. The second-order valence-electron chi connectivity index (χ2n) is 6.39. The van der Waals surface area contributed by atoms with E-state index in [-0.39, 0.29) is 16.6 Å². The molecule has 0 amide bonds. The monoisotopic (exact) mass is 280 g/mol. The van der Waals surface area contributed by atoms with Gasteiger partial charge in [-0.15, -0.1) is 0 Å². The molecule has 2 unspecified atom stereocenters. The van der Waals surface area contributed by atoms with Crippen LogP contribution in [0.25, 0.3) is 0 Å². The first-order valence-corrected chi connectivity index (χ1v) is 7.13. The Balaban J connectivity index is 0.000000148. The van der Waals surface area contributed by atoms with Crippen molar-refractivity contribution in [3.63, 3.8) is 0 Å². The summed E-state index contributed by atoms with van der Waals surface area (Å²) in [6, 6.07) is 6.36. The van der Waals surface area contributed by atoms with Crippen LogP contribution in [0.2, 0.25) is 5.02 Å². The summed E-state index contributed by atoms with van der Waals surface area (Å²) in [6.07, 6.45) is 3.25. The predicted molar refractivity (Wildman–Crippen MR) is 77.4 cm³/mol. The van der Waals surface area contributed by atoms with Gasteiger partial charge in [-0.2, -0.15) is 0 Å². The van der Waals surface area contributed by atoms with Gasteiger partial charge in [-0.05, 0) is 48.4 Å². The summed E-state index contributed by atoms with van der Waals surface area (Å²) in [6.45, 7) is 6.67. The number of Topliss-reactive ketones (excluding diaryl/α,β-unsaturated/α-hetero) is 1. The molecule has 0 radical (unpaired) electrons.